The van der Waals surface area contributed by atoms with Gasteiger partial charge in [-0.15, -0.1) is 11.3 Å². The summed E-state index contributed by atoms with van der Waals surface area (Å²) in [6, 6.07) is 2.93. The Morgan fingerprint density at radius 3 is 2.65 bits per heavy atom. The normalized spacial score (nSPS) is 26.1. The molecule has 7 nitrogen and oxygen atoms in total. The zero-order chi connectivity index (χ0) is 19.1. The van der Waals surface area contributed by atoms with Crippen molar-refractivity contribution in [3.8, 4) is 0 Å². The van der Waals surface area contributed by atoms with Crippen LogP contribution in [-0.2, 0) is 5.60 Å². The van der Waals surface area contributed by atoms with Gasteiger partial charge in [0.15, 0.2) is 0 Å². The lowest BCUT2D eigenvalue weighted by Gasteiger charge is -2.19. The fourth-order valence-electron chi connectivity index (χ4n) is 2.97. The van der Waals surface area contributed by atoms with Gasteiger partial charge in [-0.3, -0.25) is 4.79 Å². The maximum atomic E-state index is 12.9. The number of aromatic nitrogens is 2. The monoisotopic (exact) mass is 376 g/mol. The average molecular weight is 376 g/mol. The van der Waals surface area contributed by atoms with E-state index in [9.17, 15) is 20.1 Å². The number of anilines is 1. The highest BCUT2D eigenvalue weighted by Crippen LogP contribution is 2.31. The Labute approximate surface area is 155 Å². The molecule has 0 amide bonds. The summed E-state index contributed by atoms with van der Waals surface area (Å²) in [6.07, 6.45) is 1.29. The largest absolute Gasteiger partial charge is 0.390 e. The van der Waals surface area contributed by atoms with Gasteiger partial charge in [0.2, 0.25) is 5.78 Å². The highest BCUT2D eigenvalue weighted by Gasteiger charge is 2.39. The highest BCUT2D eigenvalue weighted by molar-refractivity contribution is 7.14. The third kappa shape index (κ3) is 3.64. The summed E-state index contributed by atoms with van der Waals surface area (Å²) in [4.78, 5) is 22.1. The van der Waals surface area contributed by atoms with E-state index in [-0.39, 0.29) is 17.3 Å². The van der Waals surface area contributed by atoms with Crippen molar-refractivity contribution in [2.24, 2.45) is 5.92 Å². The standard InChI is InChI=1S/C18H22N3O4S/c1-9-6-11(16(24)14(9)22)21-17-10(7-19-8-20-17)15(23)12-4-5-13(26-12)18(2,3)25/h4-5,7-9,11,14,16,22,24-25H,1,6H2,2-3H3,(H,19,20,21)/t9-,11-,14-,16+/m1/s1. The van der Waals surface area contributed by atoms with Crippen LogP contribution >= 0.6 is 11.3 Å². The number of nitrogens with zero attached hydrogens (tertiary/aromatic N) is 2. The van der Waals surface area contributed by atoms with E-state index in [2.05, 4.69) is 22.2 Å². The number of aliphatic hydroxyl groups excluding tert-OH is 2. The van der Waals surface area contributed by atoms with Crippen LogP contribution in [-0.4, -0.2) is 49.3 Å². The summed E-state index contributed by atoms with van der Waals surface area (Å²) in [5.74, 6) is -0.267. The molecule has 1 saturated carbocycles. The van der Waals surface area contributed by atoms with Gasteiger partial charge in [-0.2, -0.15) is 0 Å². The molecule has 1 aliphatic rings. The minimum Gasteiger partial charge on any atom is -0.390 e. The van der Waals surface area contributed by atoms with E-state index in [1.54, 1.807) is 26.0 Å². The molecule has 0 bridgehead atoms. The molecular weight excluding hydrogens is 354 g/mol. The topological polar surface area (TPSA) is 116 Å². The fraction of sp³-hybridized carbons (Fsp3) is 0.444. The van der Waals surface area contributed by atoms with Crippen molar-refractivity contribution in [1.29, 1.82) is 0 Å². The number of aliphatic hydroxyl groups is 3. The molecule has 3 rings (SSSR count). The summed E-state index contributed by atoms with van der Waals surface area (Å²) in [6.45, 7) is 7.14. The molecule has 0 aromatic carbocycles. The van der Waals surface area contributed by atoms with Crippen LogP contribution in [0.2, 0.25) is 0 Å². The van der Waals surface area contributed by atoms with Crippen molar-refractivity contribution >= 4 is 22.9 Å². The molecule has 0 aliphatic heterocycles. The Morgan fingerprint density at radius 1 is 1.35 bits per heavy atom. The van der Waals surface area contributed by atoms with Crippen molar-refractivity contribution in [3.63, 3.8) is 0 Å². The van der Waals surface area contributed by atoms with Crippen LogP contribution in [0, 0.1) is 12.8 Å². The lowest BCUT2D eigenvalue weighted by molar-refractivity contribution is 0.0256. The van der Waals surface area contributed by atoms with Crippen LogP contribution in [0.1, 0.15) is 40.4 Å². The Morgan fingerprint density at radius 2 is 2.08 bits per heavy atom. The molecule has 2 heterocycles. The van der Waals surface area contributed by atoms with E-state index in [1.165, 1.54) is 23.9 Å². The summed E-state index contributed by atoms with van der Waals surface area (Å²) in [5.41, 5.74) is -0.754. The molecule has 4 N–H and O–H groups in total. The molecule has 1 aliphatic carbocycles. The first-order valence-electron chi connectivity index (χ1n) is 8.31. The van der Waals surface area contributed by atoms with Gasteiger partial charge in [-0.25, -0.2) is 9.97 Å². The number of rotatable bonds is 5. The smallest absolute Gasteiger partial charge is 0.208 e. The minimum atomic E-state index is -1.02. The molecule has 26 heavy (non-hydrogen) atoms. The number of carbonyl (C=O) groups excluding carboxylic acids is 1. The van der Waals surface area contributed by atoms with Gasteiger partial charge >= 0.3 is 0 Å². The van der Waals surface area contributed by atoms with E-state index in [1.807, 2.05) is 0 Å². The molecule has 8 heteroatoms. The van der Waals surface area contributed by atoms with Gasteiger partial charge in [0, 0.05) is 11.1 Å². The van der Waals surface area contributed by atoms with Gasteiger partial charge in [0.25, 0.3) is 0 Å². The van der Waals surface area contributed by atoms with E-state index < -0.39 is 23.9 Å². The number of nitrogens with one attached hydrogen (secondary N) is 1. The zero-order valence-corrected chi connectivity index (χ0v) is 15.4. The van der Waals surface area contributed by atoms with E-state index in [0.29, 0.717) is 22.0 Å². The van der Waals surface area contributed by atoms with E-state index in [0.717, 1.165) is 0 Å². The average Bonchev–Trinajstić information content (AvgIpc) is 3.17. The van der Waals surface area contributed by atoms with E-state index in [4.69, 9.17) is 0 Å². The molecule has 2 aromatic rings. The van der Waals surface area contributed by atoms with Crippen molar-refractivity contribution in [1.82, 2.24) is 9.97 Å². The number of hydrogen-bond donors (Lipinski definition) is 4. The summed E-state index contributed by atoms with van der Waals surface area (Å²) in [5, 5.41) is 33.1. The SMILES string of the molecule is [CH2][C@@H]1C[C@@H](Nc2ncncc2C(=O)c2ccc(C(C)(C)O)s2)[C@H](O)[C@@H]1O. The van der Waals surface area contributed by atoms with Crippen LogP contribution in [0.15, 0.2) is 24.7 Å². The molecule has 1 radical (unpaired) electrons. The van der Waals surface area contributed by atoms with Gasteiger partial charge in [0.05, 0.1) is 28.2 Å². The summed E-state index contributed by atoms with van der Waals surface area (Å²) >= 11 is 1.21. The molecule has 0 saturated heterocycles. The molecule has 0 unspecified atom stereocenters. The second-order valence-electron chi connectivity index (χ2n) is 7.06. The van der Waals surface area contributed by atoms with Gasteiger partial charge in [-0.05, 0) is 45.2 Å². The van der Waals surface area contributed by atoms with Crippen LogP contribution in [0.25, 0.3) is 0 Å². The summed E-state index contributed by atoms with van der Waals surface area (Å²) in [7, 11) is 0. The van der Waals surface area contributed by atoms with Crippen molar-refractivity contribution in [3.05, 3.63) is 46.9 Å². The molecule has 139 valence electrons. The van der Waals surface area contributed by atoms with Crippen LogP contribution in [0.3, 0.4) is 0 Å². The van der Waals surface area contributed by atoms with E-state index >= 15 is 0 Å². The Bertz CT molecular complexity index is 802. The maximum Gasteiger partial charge on any atom is 0.208 e. The third-order valence-electron chi connectivity index (χ3n) is 4.51. The number of carbonyl (C=O) groups is 1. The zero-order valence-electron chi connectivity index (χ0n) is 14.6. The lowest BCUT2D eigenvalue weighted by Crippen LogP contribution is -2.35. The van der Waals surface area contributed by atoms with Crippen LogP contribution < -0.4 is 5.32 Å². The van der Waals surface area contributed by atoms with Crippen LogP contribution in [0.4, 0.5) is 5.82 Å². The van der Waals surface area contributed by atoms with Gasteiger partial charge in [-0.1, -0.05) is 0 Å². The first-order chi connectivity index (χ1) is 12.2. The van der Waals surface area contributed by atoms with Crippen LogP contribution in [0.5, 0.6) is 0 Å². The molecule has 0 spiro atoms. The molecule has 1 fully saturated rings. The first-order valence-corrected chi connectivity index (χ1v) is 9.13. The maximum absolute atomic E-state index is 12.9. The molecule has 2 aromatic heterocycles. The second-order valence-corrected chi connectivity index (χ2v) is 8.15. The molecular formula is C18H22N3O4S. The number of hydrogen-bond acceptors (Lipinski definition) is 8. The number of thiophene rings is 1. The Balaban J connectivity index is 1.85. The lowest BCUT2D eigenvalue weighted by atomic mass is 10.1. The highest BCUT2D eigenvalue weighted by atomic mass is 32.1. The Kier molecular flexibility index (Phi) is 5.12. The van der Waals surface area contributed by atoms with Gasteiger partial charge < -0.3 is 20.6 Å². The molecule has 4 atom stereocenters. The van der Waals surface area contributed by atoms with Crippen molar-refractivity contribution in [2.45, 2.75) is 44.1 Å². The predicted octanol–water partition coefficient (Wildman–Crippen LogP) is 1.35. The fourth-order valence-corrected chi connectivity index (χ4v) is 3.94. The Hall–Kier alpha value is -1.87. The summed E-state index contributed by atoms with van der Waals surface area (Å²) < 4.78 is 0. The number of ketones is 1. The first kappa shape index (κ1) is 18.9. The minimum absolute atomic E-state index is 0.269. The second kappa shape index (κ2) is 7.03. The predicted molar refractivity (Wildman–Crippen MR) is 97.9 cm³/mol. The van der Waals surface area contributed by atoms with Gasteiger partial charge in [0.1, 0.15) is 18.2 Å². The van der Waals surface area contributed by atoms with Crippen molar-refractivity contribution in [2.75, 3.05) is 5.32 Å². The quantitative estimate of drug-likeness (QED) is 0.582. The van der Waals surface area contributed by atoms with Crippen molar-refractivity contribution < 1.29 is 20.1 Å². The third-order valence-corrected chi connectivity index (χ3v) is 5.91.